The summed E-state index contributed by atoms with van der Waals surface area (Å²) in [6, 6.07) is 14.4. The van der Waals surface area contributed by atoms with E-state index in [1.807, 2.05) is 36.1 Å². The number of pyridine rings is 1. The Morgan fingerprint density at radius 1 is 1.08 bits per heavy atom. The van der Waals surface area contributed by atoms with E-state index >= 15 is 0 Å². The number of para-hydroxylation sites is 1. The summed E-state index contributed by atoms with van der Waals surface area (Å²) in [5, 5.41) is 4.83. The smallest absolute Gasteiger partial charge is 0.254 e. The highest BCUT2D eigenvalue weighted by Gasteiger charge is 2.32. The number of benzene rings is 2. The van der Waals surface area contributed by atoms with Crippen LogP contribution >= 0.6 is 0 Å². The maximum absolute atomic E-state index is 14.1. The molecule has 0 radical (unpaired) electrons. The van der Waals surface area contributed by atoms with E-state index in [0.717, 1.165) is 71.0 Å². The number of rotatable bonds is 3. The summed E-state index contributed by atoms with van der Waals surface area (Å²) in [4.78, 5) is 25.5. The molecule has 0 saturated carbocycles. The largest absolute Gasteiger partial charge is 0.339 e. The summed E-state index contributed by atoms with van der Waals surface area (Å²) in [5.41, 5.74) is 5.47. The lowest BCUT2D eigenvalue weighted by Gasteiger charge is -2.32. The first kappa shape index (κ1) is 22.6. The Labute approximate surface area is 208 Å². The number of nitrogens with zero attached hydrogens (tertiary/aromatic N) is 4. The Hall–Kier alpha value is -3.87. The summed E-state index contributed by atoms with van der Waals surface area (Å²) in [6.45, 7) is 3.07. The number of halogens is 1. The Balaban J connectivity index is 1.42. The van der Waals surface area contributed by atoms with Crippen molar-refractivity contribution in [1.29, 1.82) is 0 Å². The molecule has 1 aliphatic heterocycles. The van der Waals surface area contributed by atoms with Crippen molar-refractivity contribution < 1.29 is 13.7 Å². The minimum absolute atomic E-state index is 0.0359. The van der Waals surface area contributed by atoms with Gasteiger partial charge in [-0.25, -0.2) is 9.37 Å². The molecule has 1 fully saturated rings. The molecule has 6 nitrogen and oxygen atoms in total. The van der Waals surface area contributed by atoms with E-state index in [2.05, 4.69) is 16.2 Å². The number of carbonyl (C=O) groups is 1. The van der Waals surface area contributed by atoms with Crippen LogP contribution in [0.25, 0.3) is 22.6 Å². The third-order valence-corrected chi connectivity index (χ3v) is 7.20. The molecule has 182 valence electrons. The lowest BCUT2D eigenvalue weighted by atomic mass is 9.85. The van der Waals surface area contributed by atoms with Gasteiger partial charge in [0.15, 0.2) is 5.82 Å². The number of hydrogen-bond donors (Lipinski definition) is 0. The number of piperidine rings is 1. The first-order chi connectivity index (χ1) is 17.6. The normalized spacial score (nSPS) is 19.0. The van der Waals surface area contributed by atoms with E-state index in [1.54, 1.807) is 12.1 Å². The van der Waals surface area contributed by atoms with E-state index in [-0.39, 0.29) is 17.6 Å². The molecule has 2 aromatic heterocycles. The molecule has 1 atom stereocenters. The minimum Gasteiger partial charge on any atom is -0.339 e. The second kappa shape index (κ2) is 9.30. The van der Waals surface area contributed by atoms with Gasteiger partial charge in [0.25, 0.3) is 5.91 Å². The SMILES string of the molecule is Cc1noc(C2CCCN(C(=O)c3c4c(nc5ccccc35)/C(=C\c3ccc(F)cc3)CCC4)C2)n1. The van der Waals surface area contributed by atoms with Crippen LogP contribution in [0.5, 0.6) is 0 Å². The van der Waals surface area contributed by atoms with Crippen molar-refractivity contribution in [2.45, 2.75) is 44.9 Å². The van der Waals surface area contributed by atoms with E-state index in [9.17, 15) is 9.18 Å². The Morgan fingerprint density at radius 3 is 2.72 bits per heavy atom. The molecule has 3 heterocycles. The molecular formula is C29H27FN4O2. The first-order valence-electron chi connectivity index (χ1n) is 12.5. The van der Waals surface area contributed by atoms with Crippen LogP contribution in [0.2, 0.25) is 0 Å². The van der Waals surface area contributed by atoms with E-state index in [1.165, 1.54) is 12.1 Å². The second-order valence-electron chi connectivity index (χ2n) is 9.68. The summed E-state index contributed by atoms with van der Waals surface area (Å²) in [5.74, 6) is 1.04. The van der Waals surface area contributed by atoms with Crippen LogP contribution < -0.4 is 0 Å². The number of allylic oxidation sites excluding steroid dienone is 1. The summed E-state index contributed by atoms with van der Waals surface area (Å²) >= 11 is 0. The van der Waals surface area contributed by atoms with Crippen LogP contribution in [-0.4, -0.2) is 39.0 Å². The molecule has 4 aromatic rings. The van der Waals surface area contributed by atoms with Crippen molar-refractivity contribution in [2.24, 2.45) is 0 Å². The predicted octanol–water partition coefficient (Wildman–Crippen LogP) is 5.96. The number of fused-ring (bicyclic) bond motifs is 2. The monoisotopic (exact) mass is 482 g/mol. The zero-order valence-electron chi connectivity index (χ0n) is 20.2. The third kappa shape index (κ3) is 4.19. The van der Waals surface area contributed by atoms with Gasteiger partial charge in [-0.3, -0.25) is 4.79 Å². The van der Waals surface area contributed by atoms with Crippen LogP contribution in [-0.2, 0) is 6.42 Å². The van der Waals surface area contributed by atoms with Crippen LogP contribution in [0, 0.1) is 12.7 Å². The van der Waals surface area contributed by atoms with E-state index in [4.69, 9.17) is 9.51 Å². The number of amides is 1. The van der Waals surface area contributed by atoms with Crippen molar-refractivity contribution in [3.05, 3.63) is 88.4 Å². The lowest BCUT2D eigenvalue weighted by Crippen LogP contribution is -2.40. The molecule has 1 unspecified atom stereocenters. The maximum atomic E-state index is 14.1. The maximum Gasteiger partial charge on any atom is 0.254 e. The molecule has 0 N–H and O–H groups in total. The highest BCUT2D eigenvalue weighted by molar-refractivity contribution is 6.09. The zero-order chi connectivity index (χ0) is 24.6. The molecule has 1 amide bonds. The fourth-order valence-corrected chi connectivity index (χ4v) is 5.48. The van der Waals surface area contributed by atoms with Gasteiger partial charge in [0, 0.05) is 18.5 Å². The minimum atomic E-state index is -0.256. The molecule has 0 spiro atoms. The fourth-order valence-electron chi connectivity index (χ4n) is 5.48. The highest BCUT2D eigenvalue weighted by atomic mass is 19.1. The van der Waals surface area contributed by atoms with Crippen LogP contribution in [0.1, 0.15) is 70.5 Å². The van der Waals surface area contributed by atoms with Crippen LogP contribution in [0.15, 0.2) is 53.1 Å². The Bertz CT molecular complexity index is 1470. The standard InChI is InChI=1S/C29H27FN4O2/c1-18-31-28(36-33-18)21-7-5-15-34(17-21)29(35)26-23-8-2-3-10-25(23)32-27-20(6-4-9-24(26)27)16-19-11-13-22(30)14-12-19/h2-3,8,10-14,16,21H,4-7,9,15,17H2,1H3/b20-16-. The van der Waals surface area contributed by atoms with Crippen molar-refractivity contribution in [1.82, 2.24) is 20.0 Å². The van der Waals surface area contributed by atoms with E-state index in [0.29, 0.717) is 24.8 Å². The van der Waals surface area contributed by atoms with Gasteiger partial charge in [0.2, 0.25) is 5.89 Å². The molecule has 2 aromatic carbocycles. The summed E-state index contributed by atoms with van der Waals surface area (Å²) in [7, 11) is 0. The Morgan fingerprint density at radius 2 is 1.92 bits per heavy atom. The van der Waals surface area contributed by atoms with Gasteiger partial charge < -0.3 is 9.42 Å². The number of likely N-dealkylation sites (tertiary alicyclic amines) is 1. The van der Waals surface area contributed by atoms with Gasteiger partial charge in [-0.15, -0.1) is 0 Å². The zero-order valence-corrected chi connectivity index (χ0v) is 20.2. The average Bonchev–Trinajstić information content (AvgIpc) is 3.35. The third-order valence-electron chi connectivity index (χ3n) is 7.20. The fraction of sp³-hybridized carbons (Fsp3) is 0.310. The molecule has 1 aliphatic carbocycles. The van der Waals surface area contributed by atoms with E-state index < -0.39 is 0 Å². The van der Waals surface area contributed by atoms with Crippen molar-refractivity contribution in [3.8, 4) is 0 Å². The molecule has 36 heavy (non-hydrogen) atoms. The molecule has 2 aliphatic rings. The number of aromatic nitrogens is 3. The van der Waals surface area contributed by atoms with Gasteiger partial charge in [-0.05, 0) is 80.0 Å². The molecule has 1 saturated heterocycles. The van der Waals surface area contributed by atoms with Gasteiger partial charge in [-0.2, -0.15) is 4.98 Å². The van der Waals surface area contributed by atoms with Gasteiger partial charge in [0.1, 0.15) is 5.82 Å². The second-order valence-corrected chi connectivity index (χ2v) is 9.68. The number of hydrogen-bond acceptors (Lipinski definition) is 5. The van der Waals surface area contributed by atoms with Crippen LogP contribution in [0.4, 0.5) is 4.39 Å². The van der Waals surface area contributed by atoms with Crippen molar-refractivity contribution in [2.75, 3.05) is 13.1 Å². The lowest BCUT2D eigenvalue weighted by molar-refractivity contribution is 0.0696. The van der Waals surface area contributed by atoms with Crippen molar-refractivity contribution >= 4 is 28.5 Å². The van der Waals surface area contributed by atoms with Gasteiger partial charge >= 0.3 is 0 Å². The number of aryl methyl sites for hydroxylation is 1. The summed E-state index contributed by atoms with van der Waals surface area (Å²) < 4.78 is 18.9. The quantitative estimate of drug-likeness (QED) is 0.360. The van der Waals surface area contributed by atoms with Gasteiger partial charge in [-0.1, -0.05) is 35.5 Å². The highest BCUT2D eigenvalue weighted by Crippen LogP contribution is 2.37. The Kier molecular flexibility index (Phi) is 5.83. The molecule has 7 heteroatoms. The van der Waals surface area contributed by atoms with Crippen molar-refractivity contribution in [3.63, 3.8) is 0 Å². The first-order valence-corrected chi connectivity index (χ1v) is 12.5. The number of carbonyl (C=O) groups excluding carboxylic acids is 1. The topological polar surface area (TPSA) is 72.1 Å². The molecule has 6 rings (SSSR count). The molecular weight excluding hydrogens is 455 g/mol. The average molecular weight is 483 g/mol. The van der Waals surface area contributed by atoms with Gasteiger partial charge in [0.05, 0.1) is 22.7 Å². The molecule has 0 bridgehead atoms. The summed E-state index contributed by atoms with van der Waals surface area (Å²) in [6.07, 6.45) is 6.48. The van der Waals surface area contributed by atoms with Crippen LogP contribution in [0.3, 0.4) is 0 Å². The predicted molar refractivity (Wildman–Crippen MR) is 136 cm³/mol.